The molecule has 0 N–H and O–H groups in total. The Balaban J connectivity index is 2.29. The molecule has 0 spiro atoms. The molecular formula is C14H14BrClN2O2. The Morgan fingerprint density at radius 3 is 2.70 bits per heavy atom. The first-order chi connectivity index (χ1) is 9.51. The fourth-order valence-electron chi connectivity index (χ4n) is 1.64. The van der Waals surface area contributed by atoms with Gasteiger partial charge in [0, 0.05) is 25.2 Å². The molecule has 0 atom stereocenters. The minimum atomic E-state index is 0.604. The summed E-state index contributed by atoms with van der Waals surface area (Å²) in [6, 6.07) is 7.13. The van der Waals surface area contributed by atoms with E-state index in [1.807, 2.05) is 25.1 Å². The average Bonchev–Trinajstić information content (AvgIpc) is 2.78. The number of nitrogens with zero attached hydrogens (tertiary/aromatic N) is 2. The van der Waals surface area contributed by atoms with Gasteiger partial charge < -0.3 is 14.1 Å². The monoisotopic (exact) mass is 356 g/mol. The summed E-state index contributed by atoms with van der Waals surface area (Å²) in [6.07, 6.45) is 1.63. The van der Waals surface area contributed by atoms with Crippen molar-refractivity contribution in [2.75, 3.05) is 26.1 Å². The van der Waals surface area contributed by atoms with E-state index >= 15 is 0 Å². The Labute approximate surface area is 131 Å². The molecule has 0 bridgehead atoms. The van der Waals surface area contributed by atoms with Gasteiger partial charge in [-0.1, -0.05) is 11.6 Å². The summed E-state index contributed by atoms with van der Waals surface area (Å²) < 4.78 is 11.8. The molecular weight excluding hydrogens is 344 g/mol. The average molecular weight is 358 g/mol. The zero-order chi connectivity index (χ0) is 14.7. The number of halogens is 2. The largest absolute Gasteiger partial charge is 0.494 e. The van der Waals surface area contributed by atoms with Crippen molar-refractivity contribution >= 4 is 45.3 Å². The number of benzene rings is 1. The van der Waals surface area contributed by atoms with Crippen molar-refractivity contribution in [2.24, 2.45) is 4.99 Å². The van der Waals surface area contributed by atoms with Gasteiger partial charge in [0.15, 0.2) is 0 Å². The fraction of sp³-hybridized carbons (Fsp3) is 0.214. The molecule has 0 saturated carbocycles. The molecule has 106 valence electrons. The number of furan rings is 1. The molecule has 1 aromatic carbocycles. The molecule has 0 aliphatic rings. The van der Waals surface area contributed by atoms with E-state index in [-0.39, 0.29) is 0 Å². The van der Waals surface area contributed by atoms with Crippen LogP contribution in [0, 0.1) is 0 Å². The summed E-state index contributed by atoms with van der Waals surface area (Å²) >= 11 is 9.40. The lowest BCUT2D eigenvalue weighted by Crippen LogP contribution is -2.07. The second-order valence-electron chi connectivity index (χ2n) is 4.27. The molecule has 0 amide bonds. The summed E-state index contributed by atoms with van der Waals surface area (Å²) in [5.74, 6) is 2.04. The van der Waals surface area contributed by atoms with Crippen molar-refractivity contribution in [3.05, 3.63) is 39.5 Å². The van der Waals surface area contributed by atoms with E-state index in [1.165, 1.54) is 0 Å². The van der Waals surface area contributed by atoms with Crippen molar-refractivity contribution in [2.45, 2.75) is 0 Å². The molecule has 0 saturated heterocycles. The number of anilines is 1. The molecule has 4 nitrogen and oxygen atoms in total. The summed E-state index contributed by atoms with van der Waals surface area (Å²) in [6.45, 7) is 0. The third-order valence-corrected chi connectivity index (χ3v) is 3.37. The van der Waals surface area contributed by atoms with Crippen LogP contribution in [0.2, 0.25) is 5.02 Å². The van der Waals surface area contributed by atoms with E-state index < -0.39 is 0 Å². The van der Waals surface area contributed by atoms with Crippen LogP contribution in [0.3, 0.4) is 0 Å². The zero-order valence-corrected chi connectivity index (χ0v) is 13.7. The summed E-state index contributed by atoms with van der Waals surface area (Å²) in [7, 11) is 5.41. The Morgan fingerprint density at radius 1 is 1.35 bits per heavy atom. The van der Waals surface area contributed by atoms with Gasteiger partial charge in [0.1, 0.15) is 17.2 Å². The van der Waals surface area contributed by atoms with Crippen molar-refractivity contribution in [1.82, 2.24) is 0 Å². The van der Waals surface area contributed by atoms with Crippen LogP contribution in [-0.4, -0.2) is 27.4 Å². The quantitative estimate of drug-likeness (QED) is 0.755. The summed E-state index contributed by atoms with van der Waals surface area (Å²) in [4.78, 5) is 6.23. The molecule has 6 heteroatoms. The molecule has 1 aromatic heterocycles. The van der Waals surface area contributed by atoms with E-state index in [1.54, 1.807) is 31.5 Å². The summed E-state index contributed by atoms with van der Waals surface area (Å²) in [5, 5.41) is 0.604. The topological polar surface area (TPSA) is 38.0 Å². The SMILES string of the molecule is COc1ccc(Cl)cc1N=Cc1cc(Br)c(N(C)C)o1. The highest BCUT2D eigenvalue weighted by Gasteiger charge is 2.09. The maximum absolute atomic E-state index is 5.96. The van der Waals surface area contributed by atoms with Crippen LogP contribution in [0.4, 0.5) is 11.6 Å². The highest BCUT2D eigenvalue weighted by molar-refractivity contribution is 9.10. The zero-order valence-electron chi connectivity index (χ0n) is 11.4. The van der Waals surface area contributed by atoms with Gasteiger partial charge in [-0.2, -0.15) is 0 Å². The maximum Gasteiger partial charge on any atom is 0.210 e. The number of rotatable bonds is 4. The highest BCUT2D eigenvalue weighted by atomic mass is 79.9. The van der Waals surface area contributed by atoms with Gasteiger partial charge in [-0.25, -0.2) is 4.99 Å². The van der Waals surface area contributed by atoms with Crippen LogP contribution < -0.4 is 9.64 Å². The highest BCUT2D eigenvalue weighted by Crippen LogP contribution is 2.31. The smallest absolute Gasteiger partial charge is 0.210 e. The number of hydrogen-bond acceptors (Lipinski definition) is 4. The van der Waals surface area contributed by atoms with Gasteiger partial charge >= 0.3 is 0 Å². The fourth-order valence-corrected chi connectivity index (χ4v) is 2.47. The van der Waals surface area contributed by atoms with Crippen LogP contribution in [-0.2, 0) is 0 Å². The van der Waals surface area contributed by atoms with Gasteiger partial charge in [-0.15, -0.1) is 0 Å². The van der Waals surface area contributed by atoms with Crippen LogP contribution in [0.1, 0.15) is 5.76 Å². The lowest BCUT2D eigenvalue weighted by atomic mass is 10.3. The van der Waals surface area contributed by atoms with Crippen LogP contribution in [0.15, 0.2) is 38.1 Å². The van der Waals surface area contributed by atoms with Crippen molar-refractivity contribution < 1.29 is 9.15 Å². The molecule has 0 fully saturated rings. The number of ether oxygens (including phenoxy) is 1. The first-order valence-electron chi connectivity index (χ1n) is 5.85. The van der Waals surface area contributed by atoms with Crippen LogP contribution >= 0.6 is 27.5 Å². The lowest BCUT2D eigenvalue weighted by molar-refractivity contribution is 0.416. The molecule has 0 radical (unpaired) electrons. The Morgan fingerprint density at radius 2 is 2.10 bits per heavy atom. The van der Waals surface area contributed by atoms with Crippen LogP contribution in [0.25, 0.3) is 0 Å². The van der Waals surface area contributed by atoms with E-state index in [2.05, 4.69) is 20.9 Å². The number of methoxy groups -OCH3 is 1. The lowest BCUT2D eigenvalue weighted by Gasteiger charge is -2.07. The second-order valence-corrected chi connectivity index (χ2v) is 5.56. The second kappa shape index (κ2) is 6.33. The van der Waals surface area contributed by atoms with E-state index in [0.29, 0.717) is 22.2 Å². The number of aliphatic imine (C=N–C) groups is 1. The first-order valence-corrected chi connectivity index (χ1v) is 7.02. The van der Waals surface area contributed by atoms with Gasteiger partial charge in [0.25, 0.3) is 0 Å². The minimum absolute atomic E-state index is 0.604. The van der Waals surface area contributed by atoms with Crippen LogP contribution in [0.5, 0.6) is 5.75 Å². The van der Waals surface area contributed by atoms with Gasteiger partial charge in [-0.3, -0.25) is 0 Å². The number of hydrogen-bond donors (Lipinski definition) is 0. The molecule has 20 heavy (non-hydrogen) atoms. The first kappa shape index (κ1) is 14.9. The van der Waals surface area contributed by atoms with Gasteiger partial charge in [0.05, 0.1) is 17.8 Å². The molecule has 2 aromatic rings. The van der Waals surface area contributed by atoms with Crippen molar-refractivity contribution in [3.63, 3.8) is 0 Å². The van der Waals surface area contributed by atoms with Crippen molar-refractivity contribution in [3.8, 4) is 5.75 Å². The minimum Gasteiger partial charge on any atom is -0.494 e. The Kier molecular flexibility index (Phi) is 4.73. The summed E-state index contributed by atoms with van der Waals surface area (Å²) in [5.41, 5.74) is 0.652. The normalized spacial score (nSPS) is 11.1. The third kappa shape index (κ3) is 3.35. The predicted molar refractivity (Wildman–Crippen MR) is 86.0 cm³/mol. The molecule has 0 aliphatic carbocycles. The molecule has 0 unspecified atom stereocenters. The standard InChI is InChI=1S/C14H14BrClN2O2/c1-18(2)14-11(15)7-10(20-14)8-17-12-6-9(16)4-5-13(12)19-3/h4-8H,1-3H3. The molecule has 1 heterocycles. The maximum atomic E-state index is 5.96. The molecule has 0 aliphatic heterocycles. The van der Waals surface area contributed by atoms with E-state index in [9.17, 15) is 0 Å². The van der Waals surface area contributed by atoms with Gasteiger partial charge in [-0.05, 0) is 34.1 Å². The predicted octanol–water partition coefficient (Wildman–Crippen LogP) is 4.52. The van der Waals surface area contributed by atoms with Gasteiger partial charge in [0.2, 0.25) is 5.88 Å². The van der Waals surface area contributed by atoms with E-state index in [0.717, 1.165) is 10.4 Å². The van der Waals surface area contributed by atoms with E-state index in [4.69, 9.17) is 20.8 Å². The third-order valence-electron chi connectivity index (χ3n) is 2.57. The molecule has 2 rings (SSSR count). The Bertz CT molecular complexity index is 638. The Hall–Kier alpha value is -1.46. The van der Waals surface area contributed by atoms with Crippen molar-refractivity contribution in [1.29, 1.82) is 0 Å².